The molecular formula is C27H33N3O2. The monoisotopic (exact) mass is 431 g/mol. The molecule has 2 saturated heterocycles. The number of methoxy groups -OCH3 is 1. The standard InChI is InChI=1S/C27H33N3O2/c1-3-29(27(31)25-16-20-8-4-6-10-24(20)28-25)17-19-14-22-12-13-23(15-19)30(22)18-21-9-5-7-11-26(21)32-2/h4-11,16,19,22-23,28H,3,12-15,17-18H2,1-2H3. The maximum Gasteiger partial charge on any atom is 0.270 e. The van der Waals surface area contributed by atoms with Gasteiger partial charge in [-0.1, -0.05) is 36.4 Å². The van der Waals surface area contributed by atoms with Gasteiger partial charge < -0.3 is 14.6 Å². The Balaban J connectivity index is 1.25. The summed E-state index contributed by atoms with van der Waals surface area (Å²) in [7, 11) is 1.75. The summed E-state index contributed by atoms with van der Waals surface area (Å²) in [6, 6.07) is 19.6. The second-order valence-electron chi connectivity index (χ2n) is 9.32. The fraction of sp³-hybridized carbons (Fsp3) is 0.444. The fourth-order valence-electron chi connectivity index (χ4n) is 5.85. The van der Waals surface area contributed by atoms with Crippen molar-refractivity contribution in [3.8, 4) is 5.75 Å². The first kappa shape index (κ1) is 21.1. The highest BCUT2D eigenvalue weighted by atomic mass is 16.5. The first-order valence-electron chi connectivity index (χ1n) is 11.9. The first-order chi connectivity index (χ1) is 15.7. The normalized spacial score (nSPS) is 22.9. The van der Waals surface area contributed by atoms with Crippen LogP contribution in [0.2, 0.25) is 0 Å². The molecule has 0 aliphatic carbocycles. The lowest BCUT2D eigenvalue weighted by atomic mass is 9.89. The van der Waals surface area contributed by atoms with Gasteiger partial charge >= 0.3 is 0 Å². The van der Waals surface area contributed by atoms with Crippen LogP contribution in [0.15, 0.2) is 54.6 Å². The van der Waals surface area contributed by atoms with Gasteiger partial charge in [0.2, 0.25) is 0 Å². The van der Waals surface area contributed by atoms with Crippen LogP contribution in [0.3, 0.4) is 0 Å². The van der Waals surface area contributed by atoms with Crippen molar-refractivity contribution in [3.63, 3.8) is 0 Å². The van der Waals surface area contributed by atoms with Gasteiger partial charge in [0.05, 0.1) is 7.11 Å². The summed E-state index contributed by atoms with van der Waals surface area (Å²) in [6.07, 6.45) is 4.86. The Morgan fingerprint density at radius 3 is 2.53 bits per heavy atom. The van der Waals surface area contributed by atoms with Crippen molar-refractivity contribution in [2.75, 3.05) is 20.2 Å². The van der Waals surface area contributed by atoms with E-state index in [0.29, 0.717) is 23.7 Å². The van der Waals surface area contributed by atoms with E-state index in [0.717, 1.165) is 36.3 Å². The Morgan fingerprint density at radius 1 is 1.09 bits per heavy atom. The van der Waals surface area contributed by atoms with Crippen LogP contribution in [-0.2, 0) is 6.54 Å². The molecule has 5 nitrogen and oxygen atoms in total. The minimum atomic E-state index is 0.118. The number of amides is 1. The minimum absolute atomic E-state index is 0.118. The number of nitrogens with one attached hydrogen (secondary N) is 1. The summed E-state index contributed by atoms with van der Waals surface area (Å²) in [4.78, 5) is 21.3. The number of nitrogens with zero attached hydrogens (tertiary/aromatic N) is 2. The van der Waals surface area contributed by atoms with Crippen molar-refractivity contribution in [2.45, 2.75) is 51.2 Å². The van der Waals surface area contributed by atoms with Gasteiger partial charge in [-0.3, -0.25) is 9.69 Å². The summed E-state index contributed by atoms with van der Waals surface area (Å²) in [5.74, 6) is 1.66. The molecule has 168 valence electrons. The van der Waals surface area contributed by atoms with E-state index in [1.54, 1.807) is 7.11 Å². The third-order valence-corrected chi connectivity index (χ3v) is 7.44. The summed E-state index contributed by atoms with van der Waals surface area (Å²) in [6.45, 7) is 4.63. The molecule has 0 saturated carbocycles. The number of fused-ring (bicyclic) bond motifs is 3. The number of ether oxygens (including phenoxy) is 1. The zero-order valence-corrected chi connectivity index (χ0v) is 19.1. The van der Waals surface area contributed by atoms with Gasteiger partial charge in [0.1, 0.15) is 11.4 Å². The molecule has 32 heavy (non-hydrogen) atoms. The Morgan fingerprint density at radius 2 is 1.81 bits per heavy atom. The molecule has 0 spiro atoms. The lowest BCUT2D eigenvalue weighted by Gasteiger charge is -2.40. The number of para-hydroxylation sites is 2. The van der Waals surface area contributed by atoms with Crippen molar-refractivity contribution in [2.24, 2.45) is 5.92 Å². The molecule has 5 rings (SSSR count). The van der Waals surface area contributed by atoms with Crippen LogP contribution in [0, 0.1) is 5.92 Å². The third kappa shape index (κ3) is 4.02. The van der Waals surface area contributed by atoms with Crippen LogP contribution in [0.25, 0.3) is 10.9 Å². The molecule has 2 atom stereocenters. The number of piperidine rings is 1. The molecule has 1 aromatic heterocycles. The SMILES string of the molecule is CCN(CC1CC2CCC(C1)N2Cc1ccccc1OC)C(=O)c1cc2ccccc2[nH]1. The van der Waals surface area contributed by atoms with E-state index in [-0.39, 0.29) is 5.91 Å². The lowest BCUT2D eigenvalue weighted by Crippen LogP contribution is -2.46. The van der Waals surface area contributed by atoms with Gasteiger partial charge in [0, 0.05) is 48.2 Å². The van der Waals surface area contributed by atoms with E-state index < -0.39 is 0 Å². The van der Waals surface area contributed by atoms with Crippen LogP contribution in [0.5, 0.6) is 5.75 Å². The van der Waals surface area contributed by atoms with Crippen molar-refractivity contribution in [3.05, 3.63) is 65.9 Å². The number of hydrogen-bond acceptors (Lipinski definition) is 3. The van der Waals surface area contributed by atoms with Crippen molar-refractivity contribution >= 4 is 16.8 Å². The molecule has 2 aliphatic heterocycles. The maximum atomic E-state index is 13.2. The highest BCUT2D eigenvalue weighted by Gasteiger charge is 2.41. The van der Waals surface area contributed by atoms with Gasteiger partial charge in [0.15, 0.2) is 0 Å². The number of aromatic nitrogens is 1. The van der Waals surface area contributed by atoms with E-state index in [1.165, 1.54) is 31.2 Å². The molecule has 5 heteroatoms. The molecule has 2 unspecified atom stereocenters. The van der Waals surface area contributed by atoms with Crippen LogP contribution in [0.4, 0.5) is 0 Å². The molecular weight excluding hydrogens is 398 g/mol. The Labute approximate surface area is 190 Å². The van der Waals surface area contributed by atoms with E-state index in [9.17, 15) is 4.79 Å². The molecule has 2 fully saturated rings. The Hall–Kier alpha value is -2.79. The third-order valence-electron chi connectivity index (χ3n) is 7.44. The number of H-pyrrole nitrogens is 1. The molecule has 2 aliphatic rings. The number of carbonyl (C=O) groups excluding carboxylic acids is 1. The molecule has 1 amide bonds. The van der Waals surface area contributed by atoms with Gasteiger partial charge in [-0.05, 0) is 56.7 Å². The fourth-order valence-corrected chi connectivity index (χ4v) is 5.85. The molecule has 1 N–H and O–H groups in total. The van der Waals surface area contributed by atoms with E-state index in [4.69, 9.17) is 4.74 Å². The number of benzene rings is 2. The maximum absolute atomic E-state index is 13.2. The predicted octanol–water partition coefficient (Wildman–Crippen LogP) is 5.08. The second kappa shape index (κ2) is 8.99. The molecule has 3 aromatic rings. The largest absolute Gasteiger partial charge is 0.496 e. The Bertz CT molecular complexity index is 1040. The zero-order valence-electron chi connectivity index (χ0n) is 19.1. The number of carbonyl (C=O) groups is 1. The topological polar surface area (TPSA) is 48.6 Å². The van der Waals surface area contributed by atoms with E-state index >= 15 is 0 Å². The van der Waals surface area contributed by atoms with Gasteiger partial charge in [-0.15, -0.1) is 0 Å². The zero-order chi connectivity index (χ0) is 22.1. The van der Waals surface area contributed by atoms with Crippen molar-refractivity contribution in [1.82, 2.24) is 14.8 Å². The summed E-state index contributed by atoms with van der Waals surface area (Å²) in [5, 5.41) is 1.09. The summed E-state index contributed by atoms with van der Waals surface area (Å²) < 4.78 is 5.58. The molecule has 3 heterocycles. The number of hydrogen-bond donors (Lipinski definition) is 1. The van der Waals surface area contributed by atoms with Crippen LogP contribution in [0.1, 0.15) is 48.7 Å². The van der Waals surface area contributed by atoms with Crippen molar-refractivity contribution in [1.29, 1.82) is 0 Å². The van der Waals surface area contributed by atoms with Crippen LogP contribution in [-0.4, -0.2) is 53.0 Å². The summed E-state index contributed by atoms with van der Waals surface area (Å²) >= 11 is 0. The van der Waals surface area contributed by atoms with Gasteiger partial charge in [-0.2, -0.15) is 0 Å². The molecule has 0 radical (unpaired) electrons. The predicted molar refractivity (Wildman–Crippen MR) is 128 cm³/mol. The summed E-state index contributed by atoms with van der Waals surface area (Å²) in [5.41, 5.74) is 2.99. The van der Waals surface area contributed by atoms with Crippen LogP contribution >= 0.6 is 0 Å². The number of aromatic amines is 1. The van der Waals surface area contributed by atoms with Crippen molar-refractivity contribution < 1.29 is 9.53 Å². The second-order valence-corrected chi connectivity index (χ2v) is 9.32. The highest BCUT2D eigenvalue weighted by Crippen LogP contribution is 2.40. The number of rotatable bonds is 7. The average Bonchev–Trinajstić information content (AvgIpc) is 3.35. The highest BCUT2D eigenvalue weighted by molar-refractivity contribution is 5.98. The quantitative estimate of drug-likeness (QED) is 0.567. The lowest BCUT2D eigenvalue weighted by molar-refractivity contribution is 0.0586. The molecule has 2 bridgehead atoms. The van der Waals surface area contributed by atoms with E-state index in [1.807, 2.05) is 41.3 Å². The van der Waals surface area contributed by atoms with E-state index in [2.05, 4.69) is 35.0 Å². The molecule has 2 aromatic carbocycles. The van der Waals surface area contributed by atoms with Gasteiger partial charge in [0.25, 0.3) is 5.91 Å². The Kier molecular flexibility index (Phi) is 5.92. The average molecular weight is 432 g/mol. The van der Waals surface area contributed by atoms with Gasteiger partial charge in [-0.25, -0.2) is 0 Å². The van der Waals surface area contributed by atoms with Crippen LogP contribution < -0.4 is 4.74 Å². The smallest absolute Gasteiger partial charge is 0.270 e. The first-order valence-corrected chi connectivity index (χ1v) is 11.9. The minimum Gasteiger partial charge on any atom is -0.496 e.